The molecule has 2 nitrogen and oxygen atoms in total. The van der Waals surface area contributed by atoms with Crippen molar-refractivity contribution in [3.63, 3.8) is 0 Å². The molecule has 114 valence electrons. The highest BCUT2D eigenvalue weighted by Crippen LogP contribution is 2.11. The van der Waals surface area contributed by atoms with Crippen LogP contribution in [0, 0.1) is 0 Å². The van der Waals surface area contributed by atoms with Crippen LogP contribution < -0.4 is 4.90 Å². The molecule has 0 saturated carbocycles. The van der Waals surface area contributed by atoms with Crippen LogP contribution in [0.25, 0.3) is 0 Å². The Kier molecular flexibility index (Phi) is 9.54. The summed E-state index contributed by atoms with van der Waals surface area (Å²) >= 11 is 0. The molecule has 1 heterocycles. The van der Waals surface area contributed by atoms with Crippen LogP contribution >= 0.6 is 0 Å². The third-order valence-electron chi connectivity index (χ3n) is 4.85. The Bertz CT molecular complexity index is 205. The lowest BCUT2D eigenvalue weighted by Gasteiger charge is -2.20. The van der Waals surface area contributed by atoms with Gasteiger partial charge in [0.05, 0.1) is 20.1 Å². The number of hydrogen-bond donors (Lipinski definition) is 1. The van der Waals surface area contributed by atoms with Gasteiger partial charge in [0.15, 0.2) is 0 Å². The van der Waals surface area contributed by atoms with E-state index < -0.39 is 0 Å². The lowest BCUT2D eigenvalue weighted by Crippen LogP contribution is -3.11. The van der Waals surface area contributed by atoms with E-state index in [1.54, 1.807) is 4.90 Å². The molecule has 0 radical (unpaired) electrons. The summed E-state index contributed by atoms with van der Waals surface area (Å²) in [6, 6.07) is 0. The summed E-state index contributed by atoms with van der Waals surface area (Å²) in [6.07, 6.45) is 15.2. The average molecular weight is 269 g/mol. The minimum absolute atomic E-state index is 0.749. The smallest absolute Gasteiger partial charge is 0.140 e. The lowest BCUT2D eigenvalue weighted by atomic mass is 10.1. The molecule has 1 rings (SSSR count). The molecule has 1 aliphatic heterocycles. The molecule has 2 atom stereocenters. The fraction of sp³-hybridized carbons (Fsp3) is 1.00. The minimum Gasteiger partial charge on any atom is -0.322 e. The summed E-state index contributed by atoms with van der Waals surface area (Å²) < 4.78 is 0. The molecule has 0 aromatic carbocycles. The second-order valence-electron chi connectivity index (χ2n) is 6.49. The van der Waals surface area contributed by atoms with E-state index in [-0.39, 0.29) is 0 Å². The number of nitrogens with one attached hydrogen (secondary N) is 1. The third-order valence-corrected chi connectivity index (χ3v) is 4.85. The average Bonchev–Trinajstić information content (AvgIpc) is 2.73. The molecule has 0 spiro atoms. The van der Waals surface area contributed by atoms with Crippen LogP contribution in [0.15, 0.2) is 0 Å². The summed E-state index contributed by atoms with van der Waals surface area (Å²) in [5, 5.41) is 0. The van der Waals surface area contributed by atoms with Gasteiger partial charge in [0.2, 0.25) is 0 Å². The van der Waals surface area contributed by atoms with Crippen LogP contribution in [-0.4, -0.2) is 37.7 Å². The highest BCUT2D eigenvalue weighted by atomic mass is 15.4. The van der Waals surface area contributed by atoms with E-state index in [9.17, 15) is 0 Å². The van der Waals surface area contributed by atoms with E-state index in [2.05, 4.69) is 25.8 Å². The quantitative estimate of drug-likeness (QED) is 0.566. The number of likely N-dealkylation sites (N-methyl/N-ethyl adjacent to an activating group) is 1. The van der Waals surface area contributed by atoms with Crippen molar-refractivity contribution in [2.24, 2.45) is 0 Å². The molecule has 19 heavy (non-hydrogen) atoms. The van der Waals surface area contributed by atoms with Crippen LogP contribution in [0.5, 0.6) is 0 Å². The zero-order valence-corrected chi connectivity index (χ0v) is 13.7. The Morgan fingerprint density at radius 2 is 1.42 bits per heavy atom. The normalized spacial score (nSPS) is 24.2. The second-order valence-corrected chi connectivity index (χ2v) is 6.49. The summed E-state index contributed by atoms with van der Waals surface area (Å²) in [5.74, 6) is 0. The minimum atomic E-state index is 0.749. The highest BCUT2D eigenvalue weighted by Gasteiger charge is 2.27. The van der Waals surface area contributed by atoms with Crippen molar-refractivity contribution >= 4 is 0 Å². The van der Waals surface area contributed by atoms with Crippen LogP contribution in [-0.2, 0) is 0 Å². The van der Waals surface area contributed by atoms with Gasteiger partial charge >= 0.3 is 0 Å². The zero-order valence-electron chi connectivity index (χ0n) is 13.7. The predicted molar refractivity (Wildman–Crippen MR) is 84.6 cm³/mol. The van der Waals surface area contributed by atoms with E-state index in [1.165, 1.54) is 83.8 Å². The fourth-order valence-electron chi connectivity index (χ4n) is 3.14. The maximum absolute atomic E-state index is 2.67. The summed E-state index contributed by atoms with van der Waals surface area (Å²) in [7, 11) is 2.32. The van der Waals surface area contributed by atoms with Crippen molar-refractivity contribution in [1.82, 2.24) is 4.90 Å². The second kappa shape index (κ2) is 10.7. The maximum atomic E-state index is 2.67. The fourth-order valence-corrected chi connectivity index (χ4v) is 3.14. The largest absolute Gasteiger partial charge is 0.322 e. The molecular weight excluding hydrogens is 232 g/mol. The first-order valence-corrected chi connectivity index (χ1v) is 8.82. The molecule has 0 aromatic rings. The molecular formula is C17H37N2+. The molecule has 2 unspecified atom stereocenters. The first-order chi connectivity index (χ1) is 9.25. The highest BCUT2D eigenvalue weighted by molar-refractivity contribution is 4.63. The van der Waals surface area contributed by atoms with Crippen LogP contribution in [0.3, 0.4) is 0 Å². The first-order valence-electron chi connectivity index (χ1n) is 8.82. The van der Waals surface area contributed by atoms with Crippen LogP contribution in [0.1, 0.15) is 78.1 Å². The molecule has 2 heteroatoms. The maximum Gasteiger partial charge on any atom is 0.140 e. The number of nitrogens with zero attached hydrogens (tertiary/aromatic N) is 1. The van der Waals surface area contributed by atoms with Crippen molar-refractivity contribution in [3.8, 4) is 0 Å². The van der Waals surface area contributed by atoms with Crippen molar-refractivity contribution in [2.75, 3.05) is 26.7 Å². The van der Waals surface area contributed by atoms with E-state index in [4.69, 9.17) is 0 Å². The van der Waals surface area contributed by atoms with Crippen molar-refractivity contribution in [1.29, 1.82) is 0 Å². The monoisotopic (exact) mass is 269 g/mol. The molecule has 1 N–H and O–H groups in total. The number of rotatable bonds is 11. The zero-order chi connectivity index (χ0) is 13.9. The SMILES string of the molecule is CCCCCCCCCCCCN1CC[NH+](C)C1C. The summed E-state index contributed by atoms with van der Waals surface area (Å²) in [6.45, 7) is 8.64. The van der Waals surface area contributed by atoms with E-state index >= 15 is 0 Å². The summed E-state index contributed by atoms with van der Waals surface area (Å²) in [5.41, 5.74) is 0. The first kappa shape index (κ1) is 17.0. The van der Waals surface area contributed by atoms with Gasteiger partial charge in [0.1, 0.15) is 6.17 Å². The van der Waals surface area contributed by atoms with E-state index in [1.807, 2.05) is 0 Å². The number of quaternary nitrogens is 1. The Morgan fingerprint density at radius 1 is 0.895 bits per heavy atom. The van der Waals surface area contributed by atoms with E-state index in [0.717, 1.165) is 6.17 Å². The Labute approximate surface area is 121 Å². The van der Waals surface area contributed by atoms with Gasteiger partial charge in [-0.15, -0.1) is 0 Å². The van der Waals surface area contributed by atoms with Crippen molar-refractivity contribution in [3.05, 3.63) is 0 Å². The van der Waals surface area contributed by atoms with Crippen LogP contribution in [0.2, 0.25) is 0 Å². The molecule has 0 amide bonds. The molecule has 0 aliphatic carbocycles. The number of hydrogen-bond acceptors (Lipinski definition) is 1. The van der Waals surface area contributed by atoms with Gasteiger partial charge in [-0.25, -0.2) is 4.90 Å². The Morgan fingerprint density at radius 3 is 1.89 bits per heavy atom. The Balaban J connectivity index is 1.81. The molecule has 1 aliphatic rings. The van der Waals surface area contributed by atoms with Gasteiger partial charge in [-0.1, -0.05) is 64.7 Å². The van der Waals surface area contributed by atoms with Gasteiger partial charge in [0.25, 0.3) is 0 Å². The van der Waals surface area contributed by atoms with Crippen molar-refractivity contribution < 1.29 is 4.90 Å². The Hall–Kier alpha value is -0.0800. The van der Waals surface area contributed by atoms with Gasteiger partial charge in [-0.2, -0.15) is 0 Å². The molecule has 1 saturated heterocycles. The van der Waals surface area contributed by atoms with Gasteiger partial charge in [-0.05, 0) is 6.42 Å². The molecule has 0 aromatic heterocycles. The number of unbranched alkanes of at least 4 members (excludes halogenated alkanes) is 9. The van der Waals surface area contributed by atoms with Gasteiger partial charge < -0.3 is 4.90 Å². The third kappa shape index (κ3) is 7.31. The predicted octanol–water partition coefficient (Wildman–Crippen LogP) is 3.08. The molecule has 0 bridgehead atoms. The summed E-state index contributed by atoms with van der Waals surface area (Å²) in [4.78, 5) is 4.35. The van der Waals surface area contributed by atoms with E-state index in [0.29, 0.717) is 0 Å². The standard InChI is InChI=1S/C17H36N2/c1-4-5-6-7-8-9-10-11-12-13-14-19-16-15-18(3)17(19)2/h17H,4-16H2,1-3H3/p+1. The molecule has 1 fully saturated rings. The van der Waals surface area contributed by atoms with Gasteiger partial charge in [-0.3, -0.25) is 0 Å². The van der Waals surface area contributed by atoms with Crippen LogP contribution in [0.4, 0.5) is 0 Å². The topological polar surface area (TPSA) is 7.68 Å². The van der Waals surface area contributed by atoms with Crippen molar-refractivity contribution in [2.45, 2.75) is 84.2 Å². The van der Waals surface area contributed by atoms with Gasteiger partial charge in [0, 0.05) is 13.5 Å². The lowest BCUT2D eigenvalue weighted by molar-refractivity contribution is -0.896.